The zero-order valence-corrected chi connectivity index (χ0v) is 19.2. The number of aromatic nitrogens is 3. The summed E-state index contributed by atoms with van der Waals surface area (Å²) in [5, 5.41) is 23.1. The van der Waals surface area contributed by atoms with Crippen molar-refractivity contribution in [1.29, 1.82) is 0 Å². The maximum atomic E-state index is 12.8. The Morgan fingerprint density at radius 1 is 1.17 bits per heavy atom. The minimum absolute atomic E-state index is 0.0173. The number of fused-ring (bicyclic) bond motifs is 1. The average molecular weight is 500 g/mol. The molecule has 13 heteroatoms. The minimum Gasteiger partial charge on any atom is -0.402 e. The molecule has 4 rings (SSSR count). The maximum Gasteiger partial charge on any atom is 0.405 e. The summed E-state index contributed by atoms with van der Waals surface area (Å²) in [6.45, 7) is 4.50. The molecular formula is C22H25F5N6O2. The highest BCUT2D eigenvalue weighted by atomic mass is 19.4. The highest BCUT2D eigenvalue weighted by molar-refractivity contribution is 5.97. The van der Waals surface area contributed by atoms with Gasteiger partial charge in [0.15, 0.2) is 0 Å². The van der Waals surface area contributed by atoms with E-state index in [1.54, 1.807) is 6.07 Å². The molecule has 3 aromatic rings. The Kier molecular flexibility index (Phi) is 6.02. The minimum atomic E-state index is -4.38. The third-order valence-corrected chi connectivity index (χ3v) is 5.82. The number of hydrogen-bond acceptors (Lipinski definition) is 8. The van der Waals surface area contributed by atoms with Gasteiger partial charge in [0.1, 0.15) is 17.8 Å². The van der Waals surface area contributed by atoms with Crippen LogP contribution in [-0.4, -0.2) is 51.1 Å². The first-order chi connectivity index (χ1) is 16.1. The molecule has 1 aliphatic carbocycles. The second kappa shape index (κ2) is 8.47. The number of anilines is 3. The van der Waals surface area contributed by atoms with Crippen molar-refractivity contribution in [1.82, 2.24) is 15.2 Å². The number of aliphatic hydroxyl groups is 1. The number of nitrogens with one attached hydrogen (secondary N) is 2. The molecule has 0 saturated heterocycles. The van der Waals surface area contributed by atoms with Crippen molar-refractivity contribution in [2.24, 2.45) is 0 Å². The number of pyridine rings is 1. The highest BCUT2D eigenvalue weighted by Crippen LogP contribution is 2.40. The summed E-state index contributed by atoms with van der Waals surface area (Å²) >= 11 is 0. The van der Waals surface area contributed by atoms with Crippen LogP contribution in [0.15, 0.2) is 22.6 Å². The van der Waals surface area contributed by atoms with Crippen LogP contribution in [0.5, 0.6) is 0 Å². The normalized spacial score (nSPS) is 20.8. The summed E-state index contributed by atoms with van der Waals surface area (Å²) in [6, 6.07) is 4.10. The Morgan fingerprint density at radius 2 is 1.86 bits per heavy atom. The molecule has 35 heavy (non-hydrogen) atoms. The molecule has 1 aliphatic rings. The summed E-state index contributed by atoms with van der Waals surface area (Å²) in [4.78, 5) is 4.60. The molecule has 0 radical (unpaired) electrons. The first kappa shape index (κ1) is 24.9. The molecule has 1 aromatic carbocycles. The fraction of sp³-hybridized carbons (Fsp3) is 0.500. The number of nitrogens with two attached hydrogens (primary N) is 1. The molecule has 8 nitrogen and oxygen atoms in total. The summed E-state index contributed by atoms with van der Waals surface area (Å²) < 4.78 is 69.3. The van der Waals surface area contributed by atoms with Crippen molar-refractivity contribution in [3.05, 3.63) is 23.8 Å². The largest absolute Gasteiger partial charge is 0.405 e. The van der Waals surface area contributed by atoms with Gasteiger partial charge in [0.25, 0.3) is 12.3 Å². The molecule has 1 saturated carbocycles. The molecule has 0 spiro atoms. The number of benzene rings is 1. The Hall–Kier alpha value is -3.22. The van der Waals surface area contributed by atoms with E-state index in [0.29, 0.717) is 16.5 Å². The van der Waals surface area contributed by atoms with Crippen LogP contribution in [0.25, 0.3) is 22.5 Å². The molecule has 0 aliphatic heterocycles. The van der Waals surface area contributed by atoms with Gasteiger partial charge < -0.3 is 25.9 Å². The number of nitrogens with zero attached hydrogens (tertiary/aromatic N) is 3. The van der Waals surface area contributed by atoms with E-state index < -0.39 is 36.2 Å². The van der Waals surface area contributed by atoms with Crippen LogP contribution in [0.4, 0.5) is 39.3 Å². The first-order valence-corrected chi connectivity index (χ1v) is 10.8. The van der Waals surface area contributed by atoms with Crippen molar-refractivity contribution in [3.63, 3.8) is 0 Å². The van der Waals surface area contributed by atoms with Crippen LogP contribution in [0.1, 0.15) is 39.2 Å². The van der Waals surface area contributed by atoms with Crippen LogP contribution in [-0.2, 0) is 5.41 Å². The Labute approximate surface area is 197 Å². The summed E-state index contributed by atoms with van der Waals surface area (Å²) in [5.41, 5.74) is 5.62. The Balaban J connectivity index is 1.64. The van der Waals surface area contributed by atoms with Crippen molar-refractivity contribution < 1.29 is 31.5 Å². The van der Waals surface area contributed by atoms with Gasteiger partial charge in [0.2, 0.25) is 0 Å². The Bertz CT molecular complexity index is 1230. The van der Waals surface area contributed by atoms with E-state index in [4.69, 9.17) is 10.2 Å². The lowest BCUT2D eigenvalue weighted by molar-refractivity contribution is -0.148. The average Bonchev–Trinajstić information content (AvgIpc) is 3.18. The van der Waals surface area contributed by atoms with Crippen LogP contribution in [0.3, 0.4) is 0 Å². The van der Waals surface area contributed by atoms with Crippen LogP contribution in [0.2, 0.25) is 0 Å². The molecule has 0 amide bonds. The molecule has 5 N–H and O–H groups in total. The molecule has 0 atom stereocenters. The van der Waals surface area contributed by atoms with Gasteiger partial charge in [-0.1, -0.05) is 25.9 Å². The van der Waals surface area contributed by atoms with Gasteiger partial charge in [-0.05, 0) is 29.2 Å². The maximum absolute atomic E-state index is 12.8. The molecule has 0 bridgehead atoms. The number of nitrogen functional groups attached to an aromatic ring is 1. The third kappa shape index (κ3) is 5.24. The summed E-state index contributed by atoms with van der Waals surface area (Å²) in [7, 11) is 0. The van der Waals surface area contributed by atoms with Crippen LogP contribution >= 0.6 is 0 Å². The molecule has 2 aromatic heterocycles. The van der Waals surface area contributed by atoms with E-state index in [9.17, 15) is 27.1 Å². The van der Waals surface area contributed by atoms with Gasteiger partial charge in [-0.3, -0.25) is 0 Å². The van der Waals surface area contributed by atoms with E-state index in [1.165, 1.54) is 12.1 Å². The zero-order valence-electron chi connectivity index (χ0n) is 19.2. The number of halogens is 5. The highest BCUT2D eigenvalue weighted by Gasteiger charge is 2.50. The van der Waals surface area contributed by atoms with E-state index in [-0.39, 0.29) is 41.8 Å². The van der Waals surface area contributed by atoms with Gasteiger partial charge >= 0.3 is 12.2 Å². The van der Waals surface area contributed by atoms with Gasteiger partial charge in [-0.25, -0.2) is 13.8 Å². The fourth-order valence-electron chi connectivity index (χ4n) is 3.97. The van der Waals surface area contributed by atoms with Gasteiger partial charge in [-0.2, -0.15) is 13.2 Å². The first-order valence-electron chi connectivity index (χ1n) is 10.8. The lowest BCUT2D eigenvalue weighted by Crippen LogP contribution is -2.55. The quantitative estimate of drug-likeness (QED) is 0.359. The van der Waals surface area contributed by atoms with Crippen LogP contribution in [0, 0.1) is 0 Å². The van der Waals surface area contributed by atoms with Crippen molar-refractivity contribution in [3.8, 4) is 11.6 Å². The molecule has 0 unspecified atom stereocenters. The third-order valence-electron chi connectivity index (χ3n) is 5.82. The predicted octanol–water partition coefficient (Wildman–Crippen LogP) is 4.71. The zero-order chi connectivity index (χ0) is 25.8. The van der Waals surface area contributed by atoms with Gasteiger partial charge in [0.05, 0.1) is 5.52 Å². The molecule has 2 heterocycles. The number of alkyl halides is 5. The van der Waals surface area contributed by atoms with Gasteiger partial charge in [0, 0.05) is 35.6 Å². The van der Waals surface area contributed by atoms with Gasteiger partial charge in [-0.15, -0.1) is 5.10 Å². The lowest BCUT2D eigenvalue weighted by atomic mass is 9.76. The predicted molar refractivity (Wildman–Crippen MR) is 120 cm³/mol. The molecular weight excluding hydrogens is 475 g/mol. The van der Waals surface area contributed by atoms with E-state index in [1.807, 2.05) is 20.8 Å². The SMILES string of the molecule is CC(C)(C)c1cc(NCC(F)(F)F)cc2c(N)cc(-c3nnc(NC4CC(O)(C(F)F)C4)o3)nc12. The van der Waals surface area contributed by atoms with E-state index >= 15 is 0 Å². The standard InChI is InChI=1S/C22H25F5N6O2/c1-20(2,3)13-5-10(29-9-22(25,26)27)4-12-14(28)6-15(31-16(12)13)17-32-33-19(35-17)30-11-7-21(34,8-11)18(23)24/h4-6,11,18,29,34H,7-9H2,1-3H3,(H2,28,31)(H,30,33). The molecule has 190 valence electrons. The van der Waals surface area contributed by atoms with Crippen molar-refractivity contribution >= 4 is 28.3 Å². The second-order valence-corrected chi connectivity index (χ2v) is 9.80. The molecule has 1 fully saturated rings. The summed E-state index contributed by atoms with van der Waals surface area (Å²) in [6.07, 6.45) is -7.55. The lowest BCUT2D eigenvalue weighted by Gasteiger charge is -2.42. The van der Waals surface area contributed by atoms with Crippen LogP contribution < -0.4 is 16.4 Å². The number of hydrogen-bond donors (Lipinski definition) is 4. The second-order valence-electron chi connectivity index (χ2n) is 9.80. The fourth-order valence-corrected chi connectivity index (χ4v) is 3.97. The number of rotatable bonds is 6. The van der Waals surface area contributed by atoms with Crippen molar-refractivity contribution in [2.75, 3.05) is 22.9 Å². The van der Waals surface area contributed by atoms with Crippen molar-refractivity contribution in [2.45, 2.75) is 63.3 Å². The Morgan fingerprint density at radius 3 is 2.46 bits per heavy atom. The summed E-state index contributed by atoms with van der Waals surface area (Å²) in [5.74, 6) is 0.0173. The van der Waals surface area contributed by atoms with E-state index in [0.717, 1.165) is 0 Å². The smallest absolute Gasteiger partial charge is 0.402 e. The monoisotopic (exact) mass is 500 g/mol. The van der Waals surface area contributed by atoms with E-state index in [2.05, 4.69) is 25.8 Å². The topological polar surface area (TPSA) is 122 Å².